The molecule has 1 atom stereocenters. The number of nitrogens with one attached hydrogen (secondary N) is 2. The maximum Gasteiger partial charge on any atom is 0.416 e. The number of alkyl halides is 3. The van der Waals surface area contributed by atoms with Crippen molar-refractivity contribution in [3.63, 3.8) is 0 Å². The van der Waals surface area contributed by atoms with E-state index in [9.17, 15) is 13.2 Å². The van der Waals surface area contributed by atoms with E-state index in [1.807, 2.05) is 32.0 Å². The molecule has 6 heteroatoms. The summed E-state index contributed by atoms with van der Waals surface area (Å²) in [6.45, 7) is 3.91. The minimum Gasteiger partial charge on any atom is -0.374 e. The average molecular weight is 345 g/mol. The van der Waals surface area contributed by atoms with Gasteiger partial charge in [-0.25, -0.2) is 0 Å². The van der Waals surface area contributed by atoms with Crippen LogP contribution >= 0.6 is 0 Å². The third kappa shape index (κ3) is 3.52. The summed E-state index contributed by atoms with van der Waals surface area (Å²) in [5.74, 6) is 0. The largest absolute Gasteiger partial charge is 0.416 e. The Kier molecular flexibility index (Phi) is 4.53. The molecule has 2 aromatic carbocycles. The smallest absolute Gasteiger partial charge is 0.374 e. The van der Waals surface area contributed by atoms with E-state index in [4.69, 9.17) is 0 Å². The van der Waals surface area contributed by atoms with Gasteiger partial charge in [-0.15, -0.1) is 0 Å². The lowest BCUT2D eigenvalue weighted by Gasteiger charge is -2.24. The second-order valence-corrected chi connectivity index (χ2v) is 5.94. The number of halogens is 3. The molecule has 0 bridgehead atoms. The zero-order chi connectivity index (χ0) is 18.0. The Balaban J connectivity index is 2.11. The van der Waals surface area contributed by atoms with E-state index in [0.29, 0.717) is 5.56 Å². The van der Waals surface area contributed by atoms with Crippen molar-refractivity contribution in [2.75, 3.05) is 5.32 Å². The normalized spacial score (nSPS) is 12.8. The van der Waals surface area contributed by atoms with Crippen LogP contribution in [0.4, 0.5) is 18.9 Å². The SMILES string of the molecule is Cc1cccc(NC(c2cn[nH]c2)c2ccccc2C(F)(F)F)c1C. The molecule has 1 heterocycles. The molecule has 0 saturated carbocycles. The van der Waals surface area contributed by atoms with E-state index >= 15 is 0 Å². The first-order valence-corrected chi connectivity index (χ1v) is 7.85. The summed E-state index contributed by atoms with van der Waals surface area (Å²) < 4.78 is 40.4. The minimum absolute atomic E-state index is 0.164. The maximum absolute atomic E-state index is 13.5. The number of aromatic nitrogens is 2. The highest BCUT2D eigenvalue weighted by Gasteiger charge is 2.35. The monoisotopic (exact) mass is 345 g/mol. The van der Waals surface area contributed by atoms with E-state index in [-0.39, 0.29) is 5.56 Å². The fraction of sp³-hybridized carbons (Fsp3) is 0.211. The quantitative estimate of drug-likeness (QED) is 0.678. The van der Waals surface area contributed by atoms with Gasteiger partial charge < -0.3 is 5.32 Å². The molecule has 25 heavy (non-hydrogen) atoms. The molecular weight excluding hydrogens is 327 g/mol. The number of nitrogens with zero attached hydrogens (tertiary/aromatic N) is 1. The Bertz CT molecular complexity index is 855. The highest BCUT2D eigenvalue weighted by Crippen LogP contribution is 2.38. The summed E-state index contributed by atoms with van der Waals surface area (Å²) in [7, 11) is 0. The van der Waals surface area contributed by atoms with Crippen LogP contribution < -0.4 is 5.32 Å². The van der Waals surface area contributed by atoms with Gasteiger partial charge >= 0.3 is 6.18 Å². The number of benzene rings is 2. The van der Waals surface area contributed by atoms with Gasteiger partial charge in [-0.05, 0) is 42.7 Å². The second kappa shape index (κ2) is 6.63. The Morgan fingerprint density at radius 3 is 2.48 bits per heavy atom. The maximum atomic E-state index is 13.5. The summed E-state index contributed by atoms with van der Waals surface area (Å²) >= 11 is 0. The number of hydrogen-bond donors (Lipinski definition) is 2. The molecule has 0 aliphatic carbocycles. The van der Waals surface area contributed by atoms with Crippen molar-refractivity contribution < 1.29 is 13.2 Å². The number of aryl methyl sites for hydroxylation is 1. The molecule has 0 saturated heterocycles. The van der Waals surface area contributed by atoms with Gasteiger partial charge in [-0.3, -0.25) is 5.10 Å². The third-order valence-corrected chi connectivity index (χ3v) is 4.33. The number of aromatic amines is 1. The molecule has 1 aromatic heterocycles. The van der Waals surface area contributed by atoms with Crippen molar-refractivity contribution in [2.24, 2.45) is 0 Å². The molecule has 3 nitrogen and oxygen atoms in total. The van der Waals surface area contributed by atoms with E-state index in [2.05, 4.69) is 15.5 Å². The zero-order valence-electron chi connectivity index (χ0n) is 13.9. The molecule has 0 fully saturated rings. The molecule has 0 aliphatic heterocycles. The lowest BCUT2D eigenvalue weighted by Crippen LogP contribution is -2.18. The van der Waals surface area contributed by atoms with Crippen molar-refractivity contribution in [1.82, 2.24) is 10.2 Å². The fourth-order valence-corrected chi connectivity index (χ4v) is 2.83. The van der Waals surface area contributed by atoms with Gasteiger partial charge in [0.1, 0.15) is 0 Å². The highest BCUT2D eigenvalue weighted by molar-refractivity contribution is 5.57. The van der Waals surface area contributed by atoms with Crippen molar-refractivity contribution in [2.45, 2.75) is 26.1 Å². The number of H-pyrrole nitrogens is 1. The number of hydrogen-bond acceptors (Lipinski definition) is 2. The molecule has 0 amide bonds. The first-order valence-electron chi connectivity index (χ1n) is 7.85. The Hall–Kier alpha value is -2.76. The molecule has 0 spiro atoms. The minimum atomic E-state index is -4.43. The van der Waals surface area contributed by atoms with Gasteiger partial charge in [0.25, 0.3) is 0 Å². The summed E-state index contributed by atoms with van der Waals surface area (Å²) in [4.78, 5) is 0. The lowest BCUT2D eigenvalue weighted by molar-refractivity contribution is -0.138. The van der Waals surface area contributed by atoms with Gasteiger partial charge in [-0.2, -0.15) is 18.3 Å². The van der Waals surface area contributed by atoms with Crippen molar-refractivity contribution in [3.8, 4) is 0 Å². The van der Waals surface area contributed by atoms with E-state index in [1.165, 1.54) is 18.3 Å². The zero-order valence-corrected chi connectivity index (χ0v) is 13.9. The Morgan fingerprint density at radius 2 is 1.80 bits per heavy atom. The van der Waals surface area contributed by atoms with Crippen molar-refractivity contribution in [3.05, 3.63) is 82.7 Å². The summed E-state index contributed by atoms with van der Waals surface area (Å²) in [6, 6.07) is 10.7. The van der Waals surface area contributed by atoms with Gasteiger partial charge in [0.15, 0.2) is 0 Å². The highest BCUT2D eigenvalue weighted by atomic mass is 19.4. The van der Waals surface area contributed by atoms with Crippen molar-refractivity contribution in [1.29, 1.82) is 0 Å². The van der Waals surface area contributed by atoms with Crippen LogP contribution in [0.2, 0.25) is 0 Å². The van der Waals surface area contributed by atoms with Crippen LogP contribution in [0.5, 0.6) is 0 Å². The summed E-state index contributed by atoms with van der Waals surface area (Å²) in [5, 5.41) is 9.83. The predicted octanol–water partition coefficient (Wildman–Crippen LogP) is 5.25. The summed E-state index contributed by atoms with van der Waals surface area (Å²) in [6.07, 6.45) is -1.28. The van der Waals surface area contributed by atoms with Gasteiger partial charge in [0, 0.05) is 17.4 Å². The number of anilines is 1. The van der Waals surface area contributed by atoms with Gasteiger partial charge in [-0.1, -0.05) is 30.3 Å². The van der Waals surface area contributed by atoms with E-state index in [0.717, 1.165) is 22.9 Å². The van der Waals surface area contributed by atoms with Crippen LogP contribution in [0.15, 0.2) is 54.9 Å². The molecule has 1 unspecified atom stereocenters. The lowest BCUT2D eigenvalue weighted by atomic mass is 9.95. The Morgan fingerprint density at radius 1 is 1.04 bits per heavy atom. The Labute approximate surface area is 143 Å². The van der Waals surface area contributed by atoms with Gasteiger partial charge in [0.2, 0.25) is 0 Å². The first kappa shape index (κ1) is 17.1. The average Bonchev–Trinajstić information content (AvgIpc) is 3.10. The molecule has 130 valence electrons. The first-order chi connectivity index (χ1) is 11.9. The molecular formula is C19H18F3N3. The second-order valence-electron chi connectivity index (χ2n) is 5.94. The third-order valence-electron chi connectivity index (χ3n) is 4.33. The van der Waals surface area contributed by atoms with Gasteiger partial charge in [0.05, 0.1) is 17.8 Å². The predicted molar refractivity (Wildman–Crippen MR) is 91.4 cm³/mol. The van der Waals surface area contributed by atoms with E-state index < -0.39 is 17.8 Å². The molecule has 2 N–H and O–H groups in total. The van der Waals surface area contributed by atoms with Crippen LogP contribution in [0.1, 0.15) is 33.9 Å². The molecule has 3 aromatic rings. The van der Waals surface area contributed by atoms with Crippen LogP contribution in [-0.4, -0.2) is 10.2 Å². The van der Waals surface area contributed by atoms with Crippen LogP contribution in [-0.2, 0) is 6.18 Å². The molecule has 0 aliphatic rings. The van der Waals surface area contributed by atoms with Crippen LogP contribution in [0.25, 0.3) is 0 Å². The van der Waals surface area contributed by atoms with Crippen molar-refractivity contribution >= 4 is 5.69 Å². The van der Waals surface area contributed by atoms with Crippen LogP contribution in [0.3, 0.4) is 0 Å². The topological polar surface area (TPSA) is 40.7 Å². The summed E-state index contributed by atoms with van der Waals surface area (Å²) in [5.41, 5.74) is 3.01. The number of rotatable bonds is 4. The van der Waals surface area contributed by atoms with E-state index in [1.54, 1.807) is 12.3 Å². The van der Waals surface area contributed by atoms with Crippen LogP contribution in [0, 0.1) is 13.8 Å². The fourth-order valence-electron chi connectivity index (χ4n) is 2.83. The molecule has 0 radical (unpaired) electrons. The molecule has 3 rings (SSSR count). The standard InChI is InChI=1S/C19H18F3N3/c1-12-6-5-9-17(13(12)2)25-18(14-10-23-24-11-14)15-7-3-4-8-16(15)19(20,21)22/h3-11,18,25H,1-2H3,(H,23,24).